The van der Waals surface area contributed by atoms with Crippen molar-refractivity contribution in [2.75, 3.05) is 76.5 Å². The van der Waals surface area contributed by atoms with E-state index in [1.807, 2.05) is 12.5 Å². The molecule has 0 aromatic carbocycles. The van der Waals surface area contributed by atoms with Crippen molar-refractivity contribution < 1.29 is 38.6 Å². The first-order valence-electron chi connectivity index (χ1n) is 15.0. The molecule has 254 valence electrons. The first-order valence-corrected chi connectivity index (χ1v) is 19.1. The second-order valence-electron chi connectivity index (χ2n) is 9.77. The lowest BCUT2D eigenvalue weighted by molar-refractivity contribution is -0.146. The zero-order valence-corrected chi connectivity index (χ0v) is 28.6. The SMILES string of the molecule is CSCCC(=O)NCCCCCC(=O)NCCN(CCNC(=O)CCCCCNC(=O)CCSSC)C(=O)COCC(=O)O. The summed E-state index contributed by atoms with van der Waals surface area (Å²) in [6.07, 6.45) is 10.1. The minimum absolute atomic E-state index is 0.0343. The van der Waals surface area contributed by atoms with E-state index in [4.69, 9.17) is 9.84 Å². The van der Waals surface area contributed by atoms with Gasteiger partial charge in [-0.05, 0) is 38.2 Å². The van der Waals surface area contributed by atoms with Crippen molar-refractivity contribution in [3.8, 4) is 0 Å². The molecule has 0 aromatic rings. The highest BCUT2D eigenvalue weighted by molar-refractivity contribution is 8.76. The summed E-state index contributed by atoms with van der Waals surface area (Å²) in [4.78, 5) is 72.4. The van der Waals surface area contributed by atoms with Crippen molar-refractivity contribution in [1.82, 2.24) is 26.2 Å². The van der Waals surface area contributed by atoms with Gasteiger partial charge in [0.05, 0.1) is 0 Å². The number of unbranched alkanes of at least 4 members (excludes halogenated alkanes) is 4. The summed E-state index contributed by atoms with van der Waals surface area (Å²) >= 11 is 1.62. The topological polar surface area (TPSA) is 183 Å². The molecule has 0 rings (SSSR count). The molecule has 0 saturated heterocycles. The Kier molecular flexibility index (Phi) is 28.1. The van der Waals surface area contributed by atoms with Crippen LogP contribution in [0.4, 0.5) is 0 Å². The molecule has 0 bridgehead atoms. The lowest BCUT2D eigenvalue weighted by Gasteiger charge is -2.23. The summed E-state index contributed by atoms with van der Waals surface area (Å²) < 4.78 is 4.92. The van der Waals surface area contributed by atoms with E-state index in [0.717, 1.165) is 37.2 Å². The van der Waals surface area contributed by atoms with Crippen molar-refractivity contribution >= 4 is 68.9 Å². The van der Waals surface area contributed by atoms with Crippen molar-refractivity contribution in [3.63, 3.8) is 0 Å². The van der Waals surface area contributed by atoms with Gasteiger partial charge in [0.15, 0.2) is 0 Å². The van der Waals surface area contributed by atoms with Crippen LogP contribution >= 0.6 is 33.3 Å². The Morgan fingerprint density at radius 3 is 1.57 bits per heavy atom. The Labute approximate surface area is 273 Å². The molecule has 0 unspecified atom stereocenters. The van der Waals surface area contributed by atoms with E-state index in [9.17, 15) is 28.8 Å². The number of carbonyl (C=O) groups excluding carboxylic acids is 5. The molecule has 0 radical (unpaired) electrons. The Bertz CT molecular complexity index is 854. The number of amides is 5. The zero-order valence-electron chi connectivity index (χ0n) is 26.1. The fourth-order valence-corrected chi connectivity index (χ4v) is 5.31. The summed E-state index contributed by atoms with van der Waals surface area (Å²) in [6, 6.07) is 0. The van der Waals surface area contributed by atoms with Crippen molar-refractivity contribution in [2.45, 2.75) is 64.2 Å². The van der Waals surface area contributed by atoms with E-state index in [1.165, 1.54) is 4.90 Å². The molecule has 5 amide bonds. The average molecular weight is 682 g/mol. The number of rotatable bonds is 29. The van der Waals surface area contributed by atoms with Crippen LogP contribution < -0.4 is 21.3 Å². The number of nitrogens with zero attached hydrogens (tertiary/aromatic N) is 1. The smallest absolute Gasteiger partial charge is 0.329 e. The molecule has 0 atom stereocenters. The molecule has 0 aromatic heterocycles. The van der Waals surface area contributed by atoms with E-state index >= 15 is 0 Å². The third-order valence-electron chi connectivity index (χ3n) is 6.08. The van der Waals surface area contributed by atoms with Gasteiger partial charge < -0.3 is 36.0 Å². The number of nitrogens with one attached hydrogen (secondary N) is 4. The minimum atomic E-state index is -1.19. The Morgan fingerprint density at radius 1 is 0.614 bits per heavy atom. The van der Waals surface area contributed by atoms with Gasteiger partial charge in [-0.15, -0.1) is 0 Å². The number of thioether (sulfide) groups is 1. The van der Waals surface area contributed by atoms with Crippen molar-refractivity contribution in [2.24, 2.45) is 0 Å². The lowest BCUT2D eigenvalue weighted by Crippen LogP contribution is -2.44. The van der Waals surface area contributed by atoms with Crippen LogP contribution in [0.5, 0.6) is 0 Å². The minimum Gasteiger partial charge on any atom is -0.480 e. The van der Waals surface area contributed by atoms with Gasteiger partial charge in [0.1, 0.15) is 13.2 Å². The molecule has 0 aliphatic carbocycles. The molecular formula is C28H51N5O8S3. The normalized spacial score (nSPS) is 10.6. The van der Waals surface area contributed by atoms with Gasteiger partial charge in [0.2, 0.25) is 29.5 Å². The number of aliphatic carboxylic acids is 1. The molecule has 0 aliphatic rings. The summed E-state index contributed by atoms with van der Waals surface area (Å²) in [6.45, 7) is 0.918. The number of carbonyl (C=O) groups is 6. The summed E-state index contributed by atoms with van der Waals surface area (Å²) in [5.41, 5.74) is 0. The van der Waals surface area contributed by atoms with Crippen LogP contribution in [0.3, 0.4) is 0 Å². The van der Waals surface area contributed by atoms with E-state index in [2.05, 4.69) is 21.3 Å². The van der Waals surface area contributed by atoms with E-state index in [-0.39, 0.29) is 49.8 Å². The maximum absolute atomic E-state index is 12.6. The lowest BCUT2D eigenvalue weighted by atomic mass is 10.2. The number of carboxylic acids is 1. The van der Waals surface area contributed by atoms with Gasteiger partial charge in [0.25, 0.3) is 0 Å². The monoisotopic (exact) mass is 681 g/mol. The molecule has 44 heavy (non-hydrogen) atoms. The van der Waals surface area contributed by atoms with Crippen LogP contribution in [0, 0.1) is 0 Å². The summed E-state index contributed by atoms with van der Waals surface area (Å²) in [5.74, 6) is -0.277. The van der Waals surface area contributed by atoms with Crippen LogP contribution in [0.25, 0.3) is 0 Å². The molecule has 0 aliphatic heterocycles. The number of ether oxygens (including phenoxy) is 1. The Hall–Kier alpha value is -2.17. The van der Waals surface area contributed by atoms with Crippen molar-refractivity contribution in [3.05, 3.63) is 0 Å². The molecule has 0 saturated carbocycles. The molecule has 13 nitrogen and oxygen atoms in total. The molecular weight excluding hydrogens is 631 g/mol. The van der Waals surface area contributed by atoms with Crippen LogP contribution in [0.2, 0.25) is 0 Å². The Balaban J connectivity index is 4.26. The van der Waals surface area contributed by atoms with E-state index < -0.39 is 25.1 Å². The van der Waals surface area contributed by atoms with Gasteiger partial charge in [-0.3, -0.25) is 24.0 Å². The number of hydrogen-bond acceptors (Lipinski definition) is 10. The number of carboxylic acid groups (broad SMARTS) is 1. The first kappa shape index (κ1) is 41.8. The van der Waals surface area contributed by atoms with Crippen LogP contribution in [0.15, 0.2) is 0 Å². The molecule has 0 spiro atoms. The molecule has 5 N–H and O–H groups in total. The number of hydrogen-bond donors (Lipinski definition) is 5. The van der Waals surface area contributed by atoms with Crippen LogP contribution in [-0.2, 0) is 33.5 Å². The first-order chi connectivity index (χ1) is 21.2. The summed E-state index contributed by atoms with van der Waals surface area (Å²) in [7, 11) is 3.28. The molecule has 0 fully saturated rings. The average Bonchev–Trinajstić information content (AvgIpc) is 2.98. The van der Waals surface area contributed by atoms with Gasteiger partial charge in [0, 0.05) is 76.5 Å². The third-order valence-corrected chi connectivity index (χ3v) is 8.51. The third kappa shape index (κ3) is 27.4. The van der Waals surface area contributed by atoms with Crippen LogP contribution in [0.1, 0.15) is 64.2 Å². The van der Waals surface area contributed by atoms with Gasteiger partial charge in [-0.25, -0.2) is 4.79 Å². The Morgan fingerprint density at radius 2 is 1.09 bits per heavy atom. The highest BCUT2D eigenvalue weighted by atomic mass is 33.1. The predicted molar refractivity (Wildman–Crippen MR) is 178 cm³/mol. The fourth-order valence-electron chi connectivity index (χ4n) is 3.73. The quantitative estimate of drug-likeness (QED) is 0.0572. The van der Waals surface area contributed by atoms with Gasteiger partial charge >= 0.3 is 5.97 Å². The highest BCUT2D eigenvalue weighted by Gasteiger charge is 2.15. The van der Waals surface area contributed by atoms with Crippen molar-refractivity contribution in [1.29, 1.82) is 0 Å². The van der Waals surface area contributed by atoms with Crippen LogP contribution in [-0.4, -0.2) is 122 Å². The summed E-state index contributed by atoms with van der Waals surface area (Å²) in [5, 5.41) is 20.0. The largest absolute Gasteiger partial charge is 0.480 e. The highest BCUT2D eigenvalue weighted by Crippen LogP contribution is 2.17. The van der Waals surface area contributed by atoms with E-state index in [1.54, 1.807) is 33.3 Å². The predicted octanol–water partition coefficient (Wildman–Crippen LogP) is 1.66. The fraction of sp³-hybridized carbons (Fsp3) is 0.786. The second-order valence-corrected chi connectivity index (χ2v) is 13.4. The maximum atomic E-state index is 12.6. The van der Waals surface area contributed by atoms with Gasteiger partial charge in [-0.2, -0.15) is 11.8 Å². The second kappa shape index (κ2) is 29.5. The van der Waals surface area contributed by atoms with E-state index in [0.29, 0.717) is 51.6 Å². The molecule has 16 heteroatoms. The van der Waals surface area contributed by atoms with Gasteiger partial charge in [-0.1, -0.05) is 34.4 Å². The molecule has 0 heterocycles. The standard InChI is InChI=1S/C28H51N5O8S3/c1-42-19-11-25(36)29-13-7-3-5-9-23(34)31-15-17-33(27(38)21-41-22-28(39)40)18-16-32-24(35)10-6-4-8-14-30-26(37)12-20-44-43-2/h3-22H2,1-2H3,(H,29,36)(H,30,37)(H,31,34)(H,32,35)(H,39,40). The zero-order chi connectivity index (χ0) is 32.8. The maximum Gasteiger partial charge on any atom is 0.329 e.